The zero-order valence-electron chi connectivity index (χ0n) is 8.32. The number of benzene rings is 1. The smallest absolute Gasteiger partial charge is 0.306 e. The normalized spacial score (nSPS) is 12.4. The third-order valence-corrected chi connectivity index (χ3v) is 2.47. The molecule has 4 heteroatoms. The van der Waals surface area contributed by atoms with Crippen LogP contribution in [0.15, 0.2) is 24.3 Å². The van der Waals surface area contributed by atoms with Crippen molar-refractivity contribution in [2.45, 2.75) is 12.8 Å². The summed E-state index contributed by atoms with van der Waals surface area (Å²) in [5.41, 5.74) is 6.30. The molecule has 15 heavy (non-hydrogen) atoms. The van der Waals surface area contributed by atoms with E-state index in [2.05, 4.69) is 0 Å². The molecular weight excluding hydrogens is 214 g/mol. The summed E-state index contributed by atoms with van der Waals surface area (Å²) in [6.07, 6.45) is 0.967. The minimum absolute atomic E-state index is 0.386. The number of halogens is 1. The SMILES string of the molecule is NCCC(Cc1cccc(Cl)c1)C(=O)O. The summed E-state index contributed by atoms with van der Waals surface area (Å²) in [5, 5.41) is 9.58. The fourth-order valence-electron chi connectivity index (χ4n) is 1.46. The monoisotopic (exact) mass is 227 g/mol. The Labute approximate surface area is 93.9 Å². The molecule has 1 aromatic carbocycles. The first kappa shape index (κ1) is 12.0. The average molecular weight is 228 g/mol. The Morgan fingerprint density at radius 1 is 1.53 bits per heavy atom. The van der Waals surface area contributed by atoms with Crippen LogP contribution in [0.4, 0.5) is 0 Å². The van der Waals surface area contributed by atoms with Gasteiger partial charge in [0.05, 0.1) is 5.92 Å². The lowest BCUT2D eigenvalue weighted by Gasteiger charge is -2.10. The van der Waals surface area contributed by atoms with Gasteiger partial charge in [0.15, 0.2) is 0 Å². The van der Waals surface area contributed by atoms with Gasteiger partial charge in [0.1, 0.15) is 0 Å². The summed E-state index contributed by atoms with van der Waals surface area (Å²) >= 11 is 5.81. The van der Waals surface area contributed by atoms with Crippen molar-refractivity contribution in [3.05, 3.63) is 34.9 Å². The predicted molar refractivity (Wildman–Crippen MR) is 60.0 cm³/mol. The van der Waals surface area contributed by atoms with Crippen LogP contribution in [0.5, 0.6) is 0 Å². The number of aliphatic carboxylic acids is 1. The van der Waals surface area contributed by atoms with E-state index in [1.165, 1.54) is 0 Å². The first-order chi connectivity index (χ1) is 7.13. The van der Waals surface area contributed by atoms with Gasteiger partial charge in [0, 0.05) is 5.02 Å². The zero-order valence-corrected chi connectivity index (χ0v) is 9.07. The number of hydrogen-bond donors (Lipinski definition) is 2. The van der Waals surface area contributed by atoms with Crippen molar-refractivity contribution in [3.63, 3.8) is 0 Å². The van der Waals surface area contributed by atoms with Crippen molar-refractivity contribution >= 4 is 17.6 Å². The molecule has 3 N–H and O–H groups in total. The van der Waals surface area contributed by atoms with Crippen molar-refractivity contribution in [2.75, 3.05) is 6.54 Å². The van der Waals surface area contributed by atoms with Gasteiger partial charge in [0.25, 0.3) is 0 Å². The molecule has 82 valence electrons. The van der Waals surface area contributed by atoms with Gasteiger partial charge in [-0.25, -0.2) is 0 Å². The quantitative estimate of drug-likeness (QED) is 0.808. The third kappa shape index (κ3) is 3.90. The molecule has 3 nitrogen and oxygen atoms in total. The number of carboxylic acid groups (broad SMARTS) is 1. The molecule has 0 saturated carbocycles. The van der Waals surface area contributed by atoms with E-state index in [9.17, 15) is 4.79 Å². The fourth-order valence-corrected chi connectivity index (χ4v) is 1.68. The van der Waals surface area contributed by atoms with E-state index in [1.54, 1.807) is 12.1 Å². The highest BCUT2D eigenvalue weighted by molar-refractivity contribution is 6.30. The van der Waals surface area contributed by atoms with Gasteiger partial charge in [-0.1, -0.05) is 23.7 Å². The van der Waals surface area contributed by atoms with Crippen LogP contribution in [-0.4, -0.2) is 17.6 Å². The first-order valence-electron chi connectivity index (χ1n) is 4.81. The molecule has 0 aliphatic carbocycles. The Morgan fingerprint density at radius 2 is 2.27 bits per heavy atom. The predicted octanol–water partition coefficient (Wildman–Crippen LogP) is 1.93. The minimum atomic E-state index is -0.805. The molecule has 1 rings (SSSR count). The summed E-state index contributed by atoms with van der Waals surface area (Å²) in [5.74, 6) is -1.23. The molecule has 0 fully saturated rings. The molecule has 0 heterocycles. The van der Waals surface area contributed by atoms with Crippen molar-refractivity contribution in [2.24, 2.45) is 11.7 Å². The molecule has 1 unspecified atom stereocenters. The van der Waals surface area contributed by atoms with Gasteiger partial charge in [0.2, 0.25) is 0 Å². The molecule has 0 aliphatic rings. The van der Waals surface area contributed by atoms with Crippen LogP contribution < -0.4 is 5.73 Å². The van der Waals surface area contributed by atoms with Crippen LogP contribution >= 0.6 is 11.6 Å². The lowest BCUT2D eigenvalue weighted by atomic mass is 9.96. The van der Waals surface area contributed by atoms with Gasteiger partial charge in [-0.05, 0) is 37.1 Å². The van der Waals surface area contributed by atoms with Crippen molar-refractivity contribution in [3.8, 4) is 0 Å². The van der Waals surface area contributed by atoms with Crippen LogP contribution in [0.25, 0.3) is 0 Å². The molecule has 0 bridgehead atoms. The Balaban J connectivity index is 2.69. The van der Waals surface area contributed by atoms with E-state index in [1.807, 2.05) is 12.1 Å². The van der Waals surface area contributed by atoms with Gasteiger partial charge in [-0.2, -0.15) is 0 Å². The maximum Gasteiger partial charge on any atom is 0.306 e. The standard InChI is InChI=1S/C11H14ClNO2/c12-10-3-1-2-8(7-10)6-9(4-5-13)11(14)15/h1-3,7,9H,4-6,13H2,(H,14,15). The lowest BCUT2D eigenvalue weighted by Crippen LogP contribution is -2.20. The topological polar surface area (TPSA) is 63.3 Å². The van der Waals surface area contributed by atoms with Crippen molar-refractivity contribution in [1.29, 1.82) is 0 Å². The second-order valence-corrected chi connectivity index (χ2v) is 3.88. The van der Waals surface area contributed by atoms with E-state index in [0.29, 0.717) is 24.4 Å². The second-order valence-electron chi connectivity index (χ2n) is 3.45. The number of nitrogens with two attached hydrogens (primary N) is 1. The van der Waals surface area contributed by atoms with Crippen LogP contribution in [-0.2, 0) is 11.2 Å². The molecule has 0 aromatic heterocycles. The van der Waals surface area contributed by atoms with Crippen LogP contribution in [0.2, 0.25) is 5.02 Å². The van der Waals surface area contributed by atoms with Gasteiger partial charge in [-0.15, -0.1) is 0 Å². The summed E-state index contributed by atoms with van der Waals surface area (Å²) in [4.78, 5) is 10.9. The Hall–Kier alpha value is -1.06. The number of hydrogen-bond acceptors (Lipinski definition) is 2. The molecule has 0 amide bonds. The molecule has 0 aliphatic heterocycles. The summed E-state index contributed by atoms with van der Waals surface area (Å²) in [7, 11) is 0. The van der Waals surface area contributed by atoms with Gasteiger partial charge in [-0.3, -0.25) is 4.79 Å². The molecule has 0 radical (unpaired) electrons. The highest BCUT2D eigenvalue weighted by Gasteiger charge is 2.16. The van der Waals surface area contributed by atoms with E-state index in [0.717, 1.165) is 5.56 Å². The maximum atomic E-state index is 10.9. The number of carboxylic acids is 1. The molecule has 0 saturated heterocycles. The van der Waals surface area contributed by atoms with E-state index in [-0.39, 0.29) is 0 Å². The summed E-state index contributed by atoms with van der Waals surface area (Å²) in [6.45, 7) is 0.386. The van der Waals surface area contributed by atoms with E-state index in [4.69, 9.17) is 22.4 Å². The summed E-state index contributed by atoms with van der Waals surface area (Å²) < 4.78 is 0. The van der Waals surface area contributed by atoms with Gasteiger partial charge < -0.3 is 10.8 Å². The molecular formula is C11H14ClNO2. The summed E-state index contributed by atoms with van der Waals surface area (Å²) in [6, 6.07) is 7.25. The third-order valence-electron chi connectivity index (χ3n) is 2.24. The highest BCUT2D eigenvalue weighted by atomic mass is 35.5. The Bertz CT molecular complexity index is 341. The Morgan fingerprint density at radius 3 is 2.80 bits per heavy atom. The van der Waals surface area contributed by atoms with Crippen LogP contribution in [0.3, 0.4) is 0 Å². The fraction of sp³-hybridized carbons (Fsp3) is 0.364. The van der Waals surface area contributed by atoms with E-state index >= 15 is 0 Å². The van der Waals surface area contributed by atoms with Crippen LogP contribution in [0, 0.1) is 5.92 Å². The maximum absolute atomic E-state index is 10.9. The minimum Gasteiger partial charge on any atom is -0.481 e. The lowest BCUT2D eigenvalue weighted by molar-refractivity contribution is -0.141. The number of carbonyl (C=O) groups is 1. The molecule has 1 aromatic rings. The van der Waals surface area contributed by atoms with Crippen molar-refractivity contribution in [1.82, 2.24) is 0 Å². The second kappa shape index (κ2) is 5.73. The highest BCUT2D eigenvalue weighted by Crippen LogP contribution is 2.16. The molecule has 0 spiro atoms. The van der Waals surface area contributed by atoms with Crippen molar-refractivity contribution < 1.29 is 9.90 Å². The zero-order chi connectivity index (χ0) is 11.3. The first-order valence-corrected chi connectivity index (χ1v) is 5.18. The Kier molecular flexibility index (Phi) is 4.59. The average Bonchev–Trinajstić information content (AvgIpc) is 2.17. The van der Waals surface area contributed by atoms with Crippen LogP contribution in [0.1, 0.15) is 12.0 Å². The largest absolute Gasteiger partial charge is 0.481 e. The van der Waals surface area contributed by atoms with Gasteiger partial charge >= 0.3 is 5.97 Å². The molecule has 1 atom stereocenters. The number of rotatable bonds is 5. The van der Waals surface area contributed by atoms with E-state index < -0.39 is 11.9 Å².